The molecule has 1 heterocycles. The summed E-state index contributed by atoms with van der Waals surface area (Å²) in [6.07, 6.45) is 3.05. The molecule has 19 heavy (non-hydrogen) atoms. The van der Waals surface area contributed by atoms with E-state index in [4.69, 9.17) is 0 Å². The summed E-state index contributed by atoms with van der Waals surface area (Å²) in [7, 11) is 3.65. The fraction of sp³-hybridized carbons (Fsp3) is 0.143. The maximum Gasteiger partial charge on any atom is 0.257 e. The summed E-state index contributed by atoms with van der Waals surface area (Å²) in [5.74, 6) is -0.714. The van der Waals surface area contributed by atoms with Gasteiger partial charge < -0.3 is 10.2 Å². The molecule has 0 unspecified atom stereocenters. The zero-order valence-electron chi connectivity index (χ0n) is 10.7. The van der Waals surface area contributed by atoms with E-state index < -0.39 is 5.82 Å². The van der Waals surface area contributed by atoms with Crippen LogP contribution in [-0.4, -0.2) is 25.0 Å². The van der Waals surface area contributed by atoms with Gasteiger partial charge in [-0.25, -0.2) is 4.39 Å². The van der Waals surface area contributed by atoms with Crippen molar-refractivity contribution in [2.45, 2.75) is 0 Å². The summed E-state index contributed by atoms with van der Waals surface area (Å²) in [5.41, 5.74) is 1.59. The Morgan fingerprint density at radius 3 is 2.74 bits per heavy atom. The van der Waals surface area contributed by atoms with E-state index in [0.717, 1.165) is 5.69 Å². The fourth-order valence-electron chi connectivity index (χ4n) is 1.69. The number of benzene rings is 1. The summed E-state index contributed by atoms with van der Waals surface area (Å²) in [5, 5.41) is 2.69. The Balaban J connectivity index is 2.28. The van der Waals surface area contributed by atoms with Crippen molar-refractivity contribution in [1.82, 2.24) is 4.98 Å². The monoisotopic (exact) mass is 259 g/mol. The molecule has 1 N–H and O–H groups in total. The summed E-state index contributed by atoms with van der Waals surface area (Å²) in [6, 6.07) is 7.59. The molecule has 4 nitrogen and oxygen atoms in total. The average Bonchev–Trinajstić information content (AvgIpc) is 2.39. The Bertz CT molecular complexity index is 584. The first-order chi connectivity index (χ1) is 9.08. The number of anilines is 2. The van der Waals surface area contributed by atoms with E-state index in [1.54, 1.807) is 29.3 Å². The molecule has 0 bridgehead atoms. The molecule has 1 aromatic carbocycles. The average molecular weight is 259 g/mol. The van der Waals surface area contributed by atoms with Gasteiger partial charge in [-0.3, -0.25) is 9.78 Å². The summed E-state index contributed by atoms with van der Waals surface area (Å²) in [4.78, 5) is 17.7. The first-order valence-corrected chi connectivity index (χ1v) is 5.76. The molecule has 0 saturated heterocycles. The molecule has 0 radical (unpaired) electrons. The van der Waals surface area contributed by atoms with Crippen LogP contribution in [0.5, 0.6) is 0 Å². The summed E-state index contributed by atoms with van der Waals surface area (Å²) >= 11 is 0. The molecule has 1 aromatic heterocycles. The van der Waals surface area contributed by atoms with Crippen LogP contribution in [0.15, 0.2) is 42.7 Å². The first-order valence-electron chi connectivity index (χ1n) is 5.76. The number of amides is 1. The Labute approximate surface area is 110 Å². The zero-order chi connectivity index (χ0) is 13.8. The molecule has 0 aliphatic carbocycles. The topological polar surface area (TPSA) is 45.2 Å². The molecule has 0 aliphatic heterocycles. The van der Waals surface area contributed by atoms with Gasteiger partial charge in [0.1, 0.15) is 5.82 Å². The maximum atomic E-state index is 13.3. The smallest absolute Gasteiger partial charge is 0.257 e. The van der Waals surface area contributed by atoms with Gasteiger partial charge >= 0.3 is 0 Å². The van der Waals surface area contributed by atoms with Gasteiger partial charge in [-0.05, 0) is 30.3 Å². The van der Waals surface area contributed by atoms with Crippen LogP contribution in [0, 0.1) is 5.82 Å². The SMILES string of the molecule is CN(C)c1ccc(F)cc1NC(=O)c1cccnc1. The van der Waals surface area contributed by atoms with E-state index in [1.807, 2.05) is 14.1 Å². The third-order valence-corrected chi connectivity index (χ3v) is 2.61. The van der Waals surface area contributed by atoms with Gasteiger partial charge in [-0.2, -0.15) is 0 Å². The Morgan fingerprint density at radius 2 is 2.11 bits per heavy atom. The number of pyridine rings is 1. The number of nitrogens with one attached hydrogen (secondary N) is 1. The van der Waals surface area contributed by atoms with E-state index >= 15 is 0 Å². The lowest BCUT2D eigenvalue weighted by Crippen LogP contribution is -2.17. The second-order valence-electron chi connectivity index (χ2n) is 4.25. The number of nitrogens with zero attached hydrogens (tertiary/aromatic N) is 2. The lowest BCUT2D eigenvalue weighted by atomic mass is 10.2. The van der Waals surface area contributed by atoms with Gasteiger partial charge in [0, 0.05) is 26.5 Å². The molecule has 0 spiro atoms. The van der Waals surface area contributed by atoms with Crippen molar-refractivity contribution in [3.05, 3.63) is 54.1 Å². The molecule has 98 valence electrons. The fourth-order valence-corrected chi connectivity index (χ4v) is 1.69. The molecule has 0 aliphatic rings. The van der Waals surface area contributed by atoms with Crippen molar-refractivity contribution in [2.75, 3.05) is 24.3 Å². The molecule has 0 fully saturated rings. The number of rotatable bonds is 3. The molecular formula is C14H14FN3O. The van der Waals surface area contributed by atoms with Crippen LogP contribution in [0.4, 0.5) is 15.8 Å². The highest BCUT2D eigenvalue weighted by atomic mass is 19.1. The highest BCUT2D eigenvalue weighted by Gasteiger charge is 2.11. The first kappa shape index (κ1) is 13.0. The lowest BCUT2D eigenvalue weighted by Gasteiger charge is -2.17. The van der Waals surface area contributed by atoms with Crippen LogP contribution in [0.25, 0.3) is 0 Å². The maximum absolute atomic E-state index is 13.3. The minimum absolute atomic E-state index is 0.318. The summed E-state index contributed by atoms with van der Waals surface area (Å²) < 4.78 is 13.3. The van der Waals surface area contributed by atoms with Crippen molar-refractivity contribution >= 4 is 17.3 Å². The Morgan fingerprint density at radius 1 is 1.32 bits per heavy atom. The van der Waals surface area contributed by atoms with Gasteiger partial charge in [-0.15, -0.1) is 0 Å². The van der Waals surface area contributed by atoms with E-state index in [0.29, 0.717) is 11.3 Å². The van der Waals surface area contributed by atoms with Crippen molar-refractivity contribution < 1.29 is 9.18 Å². The number of hydrogen-bond acceptors (Lipinski definition) is 3. The second kappa shape index (κ2) is 5.48. The van der Waals surface area contributed by atoms with Crippen LogP contribution in [0.1, 0.15) is 10.4 Å². The molecule has 1 amide bonds. The number of carbonyl (C=O) groups is 1. The van der Waals surface area contributed by atoms with Gasteiger partial charge in [0.05, 0.1) is 16.9 Å². The van der Waals surface area contributed by atoms with E-state index in [-0.39, 0.29) is 5.91 Å². The molecule has 2 rings (SSSR count). The third kappa shape index (κ3) is 3.07. The van der Waals surface area contributed by atoms with Crippen molar-refractivity contribution in [3.63, 3.8) is 0 Å². The Kier molecular flexibility index (Phi) is 3.75. The van der Waals surface area contributed by atoms with E-state index in [9.17, 15) is 9.18 Å². The predicted octanol–water partition coefficient (Wildman–Crippen LogP) is 2.54. The van der Waals surface area contributed by atoms with Gasteiger partial charge in [0.25, 0.3) is 5.91 Å². The van der Waals surface area contributed by atoms with Gasteiger partial charge in [0.15, 0.2) is 0 Å². The van der Waals surface area contributed by atoms with Crippen LogP contribution in [-0.2, 0) is 0 Å². The highest BCUT2D eigenvalue weighted by Crippen LogP contribution is 2.25. The quantitative estimate of drug-likeness (QED) is 0.921. The second-order valence-corrected chi connectivity index (χ2v) is 4.25. The van der Waals surface area contributed by atoms with Crippen LogP contribution < -0.4 is 10.2 Å². The van der Waals surface area contributed by atoms with E-state index in [1.165, 1.54) is 18.3 Å². The standard InChI is InChI=1S/C14H14FN3O/c1-18(2)13-6-5-11(15)8-12(13)17-14(19)10-4-3-7-16-9-10/h3-9H,1-2H3,(H,17,19). The van der Waals surface area contributed by atoms with E-state index in [2.05, 4.69) is 10.3 Å². The number of carbonyl (C=O) groups excluding carboxylic acids is 1. The molecule has 0 saturated carbocycles. The highest BCUT2D eigenvalue weighted by molar-refractivity contribution is 6.05. The largest absolute Gasteiger partial charge is 0.376 e. The minimum Gasteiger partial charge on any atom is -0.376 e. The van der Waals surface area contributed by atoms with Crippen molar-refractivity contribution in [2.24, 2.45) is 0 Å². The van der Waals surface area contributed by atoms with Gasteiger partial charge in [0.2, 0.25) is 0 Å². The normalized spacial score (nSPS) is 10.1. The van der Waals surface area contributed by atoms with Crippen molar-refractivity contribution in [1.29, 1.82) is 0 Å². The minimum atomic E-state index is -0.396. The lowest BCUT2D eigenvalue weighted by molar-refractivity contribution is 0.102. The number of halogens is 1. The molecular weight excluding hydrogens is 245 g/mol. The predicted molar refractivity (Wildman–Crippen MR) is 72.9 cm³/mol. The zero-order valence-corrected chi connectivity index (χ0v) is 10.7. The van der Waals surface area contributed by atoms with Crippen molar-refractivity contribution in [3.8, 4) is 0 Å². The number of hydrogen-bond donors (Lipinski definition) is 1. The third-order valence-electron chi connectivity index (χ3n) is 2.61. The van der Waals surface area contributed by atoms with Gasteiger partial charge in [-0.1, -0.05) is 0 Å². The molecule has 0 atom stereocenters. The number of aromatic nitrogens is 1. The molecule has 2 aromatic rings. The molecule has 5 heteroatoms. The summed E-state index contributed by atoms with van der Waals surface area (Å²) in [6.45, 7) is 0. The van der Waals surface area contributed by atoms with Crippen LogP contribution in [0.2, 0.25) is 0 Å². The van der Waals surface area contributed by atoms with Crippen LogP contribution >= 0.6 is 0 Å². The Hall–Kier alpha value is -2.43. The van der Waals surface area contributed by atoms with Crippen LogP contribution in [0.3, 0.4) is 0 Å².